The quantitative estimate of drug-likeness (QED) is 0.752. The van der Waals surface area contributed by atoms with Gasteiger partial charge in [0.1, 0.15) is 4.90 Å². The van der Waals surface area contributed by atoms with E-state index in [1.54, 1.807) is 7.05 Å². The van der Waals surface area contributed by atoms with Crippen LogP contribution in [0.25, 0.3) is 0 Å². The number of sulfonamides is 1. The summed E-state index contributed by atoms with van der Waals surface area (Å²) >= 11 is 0. The normalized spacial score (nSPS) is 11.9. The summed E-state index contributed by atoms with van der Waals surface area (Å²) in [5, 5.41) is 9.04. The van der Waals surface area contributed by atoms with Crippen molar-refractivity contribution in [3.63, 3.8) is 0 Å². The number of primary sulfonamides is 1. The summed E-state index contributed by atoms with van der Waals surface area (Å²) in [5.74, 6) is 0. The summed E-state index contributed by atoms with van der Waals surface area (Å²) in [6.07, 6.45) is 2.91. The van der Waals surface area contributed by atoms with Gasteiger partial charge >= 0.3 is 0 Å². The first-order valence-electron chi connectivity index (χ1n) is 4.00. The van der Waals surface area contributed by atoms with Crippen molar-refractivity contribution in [2.24, 2.45) is 12.2 Å². The lowest BCUT2D eigenvalue weighted by Crippen LogP contribution is -2.13. The highest BCUT2D eigenvalue weighted by Crippen LogP contribution is 2.13. The molecule has 1 aromatic heterocycles. The number of nitrogens with zero attached hydrogens (tertiary/aromatic N) is 2. The summed E-state index contributed by atoms with van der Waals surface area (Å²) in [6.45, 7) is 1.96. The summed E-state index contributed by atoms with van der Waals surface area (Å²) in [5.41, 5.74) is 0.549. The van der Waals surface area contributed by atoms with Crippen LogP contribution in [0, 0.1) is 0 Å². The predicted molar refractivity (Wildman–Crippen MR) is 48.6 cm³/mol. The van der Waals surface area contributed by atoms with Gasteiger partial charge < -0.3 is 0 Å². The fourth-order valence-corrected chi connectivity index (χ4v) is 1.93. The van der Waals surface area contributed by atoms with Crippen LogP contribution in [0.3, 0.4) is 0 Å². The second kappa shape index (κ2) is 3.47. The van der Waals surface area contributed by atoms with Crippen molar-refractivity contribution in [3.8, 4) is 0 Å². The molecule has 0 spiro atoms. The first-order valence-corrected chi connectivity index (χ1v) is 5.55. The van der Waals surface area contributed by atoms with Crippen LogP contribution in [-0.2, 0) is 23.5 Å². The average Bonchev–Trinajstić information content (AvgIpc) is 2.30. The Morgan fingerprint density at radius 1 is 1.62 bits per heavy atom. The fourth-order valence-electron chi connectivity index (χ4n) is 1.16. The van der Waals surface area contributed by atoms with E-state index in [0.717, 1.165) is 6.42 Å². The van der Waals surface area contributed by atoms with Gasteiger partial charge in [0.2, 0.25) is 10.0 Å². The molecule has 1 heterocycles. The highest BCUT2D eigenvalue weighted by atomic mass is 32.2. The van der Waals surface area contributed by atoms with E-state index < -0.39 is 10.0 Å². The Labute approximate surface area is 77.6 Å². The maximum Gasteiger partial charge on any atom is 0.241 e. The molecule has 74 valence electrons. The molecule has 5 nitrogen and oxygen atoms in total. The van der Waals surface area contributed by atoms with Gasteiger partial charge in [0.15, 0.2) is 0 Å². The molecule has 0 saturated carbocycles. The zero-order valence-corrected chi connectivity index (χ0v) is 8.50. The molecular weight excluding hydrogens is 190 g/mol. The van der Waals surface area contributed by atoms with Crippen molar-refractivity contribution >= 4 is 10.0 Å². The molecule has 1 rings (SSSR count). The van der Waals surface area contributed by atoms with E-state index in [1.807, 2.05) is 6.92 Å². The lowest BCUT2D eigenvalue weighted by molar-refractivity contribution is 0.596. The Balaban J connectivity index is 3.20. The Kier molecular flexibility index (Phi) is 2.72. The lowest BCUT2D eigenvalue weighted by atomic mass is 10.3. The van der Waals surface area contributed by atoms with Gasteiger partial charge in [0.05, 0.1) is 5.69 Å². The molecule has 0 aromatic carbocycles. The van der Waals surface area contributed by atoms with E-state index in [9.17, 15) is 8.42 Å². The lowest BCUT2D eigenvalue weighted by Gasteiger charge is -1.95. The Morgan fingerprint density at radius 2 is 2.23 bits per heavy atom. The molecule has 0 aliphatic heterocycles. The summed E-state index contributed by atoms with van der Waals surface area (Å²) in [4.78, 5) is 0.136. The Morgan fingerprint density at radius 3 is 2.69 bits per heavy atom. The van der Waals surface area contributed by atoms with Gasteiger partial charge in [-0.1, -0.05) is 13.3 Å². The summed E-state index contributed by atoms with van der Waals surface area (Å²) < 4.78 is 23.6. The van der Waals surface area contributed by atoms with Crippen molar-refractivity contribution in [3.05, 3.63) is 11.9 Å². The third-order valence-electron chi connectivity index (χ3n) is 1.66. The average molecular weight is 203 g/mol. The highest BCUT2D eigenvalue weighted by molar-refractivity contribution is 7.89. The van der Waals surface area contributed by atoms with E-state index in [0.29, 0.717) is 12.1 Å². The number of nitrogens with two attached hydrogens (primary N) is 1. The summed E-state index contributed by atoms with van der Waals surface area (Å²) in [7, 11) is -1.94. The van der Waals surface area contributed by atoms with Crippen molar-refractivity contribution in [1.82, 2.24) is 9.78 Å². The Hall–Kier alpha value is -0.880. The number of aryl methyl sites for hydroxylation is 2. The second-order valence-electron chi connectivity index (χ2n) is 2.91. The van der Waals surface area contributed by atoms with Crippen molar-refractivity contribution in [1.29, 1.82) is 0 Å². The standard InChI is InChI=1S/C7H13N3O2S/c1-3-4-6-7(13(8,11)12)5-10(2)9-6/h5H,3-4H2,1-2H3,(H2,8,11,12). The maximum atomic E-state index is 11.1. The third-order valence-corrected chi connectivity index (χ3v) is 2.61. The second-order valence-corrected chi connectivity index (χ2v) is 4.44. The minimum Gasteiger partial charge on any atom is -0.274 e. The van der Waals surface area contributed by atoms with Crippen LogP contribution in [0.5, 0.6) is 0 Å². The van der Waals surface area contributed by atoms with Crippen LogP contribution in [0.15, 0.2) is 11.1 Å². The zero-order valence-electron chi connectivity index (χ0n) is 7.69. The zero-order chi connectivity index (χ0) is 10.1. The molecule has 1 aromatic rings. The number of hydrogen-bond acceptors (Lipinski definition) is 3. The van der Waals surface area contributed by atoms with Crippen LogP contribution in [-0.4, -0.2) is 18.2 Å². The Bertz CT molecular complexity index is 394. The van der Waals surface area contributed by atoms with Crippen LogP contribution < -0.4 is 5.14 Å². The van der Waals surface area contributed by atoms with Gasteiger partial charge in [-0.15, -0.1) is 0 Å². The van der Waals surface area contributed by atoms with Crippen molar-refractivity contribution in [2.45, 2.75) is 24.7 Å². The molecular formula is C7H13N3O2S. The van der Waals surface area contributed by atoms with Crippen molar-refractivity contribution in [2.75, 3.05) is 0 Å². The van der Waals surface area contributed by atoms with E-state index in [2.05, 4.69) is 5.10 Å². The molecule has 13 heavy (non-hydrogen) atoms. The largest absolute Gasteiger partial charge is 0.274 e. The van der Waals surface area contributed by atoms with Gasteiger partial charge in [0.25, 0.3) is 0 Å². The number of rotatable bonds is 3. The van der Waals surface area contributed by atoms with E-state index >= 15 is 0 Å². The fraction of sp³-hybridized carbons (Fsp3) is 0.571. The van der Waals surface area contributed by atoms with Crippen LogP contribution in [0.1, 0.15) is 19.0 Å². The van der Waals surface area contributed by atoms with Gasteiger partial charge in [-0.25, -0.2) is 13.6 Å². The van der Waals surface area contributed by atoms with Crippen LogP contribution in [0.2, 0.25) is 0 Å². The van der Waals surface area contributed by atoms with Crippen LogP contribution >= 0.6 is 0 Å². The molecule has 0 amide bonds. The first-order chi connectivity index (χ1) is 5.95. The van der Waals surface area contributed by atoms with Crippen molar-refractivity contribution < 1.29 is 8.42 Å². The molecule has 6 heteroatoms. The third kappa shape index (κ3) is 2.28. The summed E-state index contributed by atoms with van der Waals surface area (Å²) in [6, 6.07) is 0. The highest BCUT2D eigenvalue weighted by Gasteiger charge is 2.16. The topological polar surface area (TPSA) is 78.0 Å². The smallest absolute Gasteiger partial charge is 0.241 e. The van der Waals surface area contributed by atoms with E-state index in [-0.39, 0.29) is 4.90 Å². The number of aromatic nitrogens is 2. The van der Waals surface area contributed by atoms with E-state index in [4.69, 9.17) is 5.14 Å². The first kappa shape index (κ1) is 10.2. The minimum absolute atomic E-state index is 0.136. The molecule has 0 radical (unpaired) electrons. The van der Waals surface area contributed by atoms with Gasteiger partial charge in [-0.3, -0.25) is 4.68 Å². The van der Waals surface area contributed by atoms with Gasteiger partial charge in [0, 0.05) is 13.2 Å². The monoisotopic (exact) mass is 203 g/mol. The molecule has 0 atom stereocenters. The molecule has 0 aliphatic rings. The minimum atomic E-state index is -3.62. The van der Waals surface area contributed by atoms with E-state index in [1.165, 1.54) is 10.9 Å². The number of hydrogen-bond donors (Lipinski definition) is 1. The molecule has 2 N–H and O–H groups in total. The SMILES string of the molecule is CCCc1nn(C)cc1S(N)(=O)=O. The predicted octanol–water partition coefficient (Wildman–Crippen LogP) is 0.0200. The van der Waals surface area contributed by atoms with Gasteiger partial charge in [-0.05, 0) is 6.42 Å². The maximum absolute atomic E-state index is 11.1. The van der Waals surface area contributed by atoms with Crippen LogP contribution in [0.4, 0.5) is 0 Å². The van der Waals surface area contributed by atoms with Gasteiger partial charge in [-0.2, -0.15) is 5.10 Å². The molecule has 0 bridgehead atoms. The molecule has 0 saturated heterocycles. The molecule has 0 unspecified atom stereocenters. The molecule has 0 aliphatic carbocycles. The molecule has 0 fully saturated rings.